The van der Waals surface area contributed by atoms with Crippen molar-refractivity contribution in [2.75, 3.05) is 13.2 Å². The van der Waals surface area contributed by atoms with Crippen molar-refractivity contribution in [3.05, 3.63) is 66.5 Å². The topological polar surface area (TPSA) is 51.6 Å². The maximum absolute atomic E-state index is 10.3. The summed E-state index contributed by atoms with van der Waals surface area (Å²) in [7, 11) is 0. The van der Waals surface area contributed by atoms with Gasteiger partial charge in [-0.2, -0.15) is 0 Å². The summed E-state index contributed by atoms with van der Waals surface area (Å²) in [5.74, 6) is 1.43. The second-order valence-corrected chi connectivity index (χ2v) is 6.33. The van der Waals surface area contributed by atoms with E-state index < -0.39 is 6.10 Å². The second kappa shape index (κ2) is 9.20. The Morgan fingerprint density at radius 1 is 1.04 bits per heavy atom. The number of aryl methyl sites for hydroxylation is 1. The molecule has 1 aromatic heterocycles. The Morgan fingerprint density at radius 3 is 2.73 bits per heavy atom. The molecule has 0 saturated heterocycles. The highest BCUT2D eigenvalue weighted by Crippen LogP contribution is 2.36. The van der Waals surface area contributed by atoms with Crippen LogP contribution in [0.25, 0.3) is 10.8 Å². The number of hydrogen-bond acceptors (Lipinski definition) is 4. The fourth-order valence-electron chi connectivity index (χ4n) is 2.84. The first-order valence-electron chi connectivity index (χ1n) is 9.12. The van der Waals surface area contributed by atoms with Crippen molar-refractivity contribution in [1.82, 2.24) is 4.98 Å². The van der Waals surface area contributed by atoms with Crippen molar-refractivity contribution in [1.29, 1.82) is 0 Å². The third-order valence-electron chi connectivity index (χ3n) is 4.21. The lowest BCUT2D eigenvalue weighted by atomic mass is 10.1. The average Bonchev–Trinajstić information content (AvgIpc) is 2.70. The molecule has 2 aromatic carbocycles. The highest BCUT2D eigenvalue weighted by molar-refractivity contribution is 5.90. The molecule has 4 nitrogen and oxygen atoms in total. The van der Waals surface area contributed by atoms with Crippen LogP contribution >= 0.6 is 0 Å². The highest BCUT2D eigenvalue weighted by Gasteiger charge is 2.13. The van der Waals surface area contributed by atoms with Gasteiger partial charge < -0.3 is 14.6 Å². The zero-order valence-electron chi connectivity index (χ0n) is 15.1. The molecule has 0 aliphatic heterocycles. The van der Waals surface area contributed by atoms with Crippen LogP contribution in [-0.2, 0) is 6.42 Å². The predicted molar refractivity (Wildman–Crippen MR) is 104 cm³/mol. The standard InChI is InChI=1S/C22H25NO3/c1-2-14-25-21-12-10-18-7-3-4-8-20(18)22(21)26-16-19(24)11-9-17-6-5-13-23-15-17/h3-8,10,12-13,15,19,24H,2,9,11,14,16H2,1H3. The van der Waals surface area contributed by atoms with Crippen molar-refractivity contribution in [2.24, 2.45) is 0 Å². The molecule has 0 aliphatic carbocycles. The summed E-state index contributed by atoms with van der Waals surface area (Å²) in [6, 6.07) is 15.9. The maximum atomic E-state index is 10.3. The van der Waals surface area contributed by atoms with Gasteiger partial charge in [-0.25, -0.2) is 0 Å². The van der Waals surface area contributed by atoms with E-state index in [1.807, 2.05) is 54.7 Å². The van der Waals surface area contributed by atoms with Crippen molar-refractivity contribution in [2.45, 2.75) is 32.3 Å². The molecule has 0 fully saturated rings. The number of hydrogen-bond donors (Lipinski definition) is 1. The van der Waals surface area contributed by atoms with Gasteiger partial charge in [0.2, 0.25) is 0 Å². The number of pyridine rings is 1. The third kappa shape index (κ3) is 4.73. The summed E-state index contributed by atoms with van der Waals surface area (Å²) in [5, 5.41) is 12.4. The monoisotopic (exact) mass is 351 g/mol. The number of ether oxygens (including phenoxy) is 2. The van der Waals surface area contributed by atoms with Gasteiger partial charge in [0.05, 0.1) is 12.7 Å². The van der Waals surface area contributed by atoms with Gasteiger partial charge in [0, 0.05) is 17.8 Å². The molecule has 1 unspecified atom stereocenters. The Kier molecular flexibility index (Phi) is 6.45. The van der Waals surface area contributed by atoms with Crippen LogP contribution in [0, 0.1) is 0 Å². The zero-order chi connectivity index (χ0) is 18.2. The Labute approximate surface area is 154 Å². The SMILES string of the molecule is CCCOc1ccc2ccccc2c1OCC(O)CCc1cccnc1. The molecule has 0 radical (unpaired) electrons. The maximum Gasteiger partial charge on any atom is 0.169 e. The minimum absolute atomic E-state index is 0.233. The van der Waals surface area contributed by atoms with Crippen LogP contribution in [-0.4, -0.2) is 29.4 Å². The van der Waals surface area contributed by atoms with E-state index in [-0.39, 0.29) is 6.61 Å². The molecule has 1 atom stereocenters. The zero-order valence-corrected chi connectivity index (χ0v) is 15.1. The largest absolute Gasteiger partial charge is 0.490 e. The molecule has 26 heavy (non-hydrogen) atoms. The van der Waals surface area contributed by atoms with Crippen LogP contribution < -0.4 is 9.47 Å². The van der Waals surface area contributed by atoms with Gasteiger partial charge in [0.15, 0.2) is 11.5 Å². The van der Waals surface area contributed by atoms with E-state index in [2.05, 4.69) is 11.9 Å². The molecule has 0 saturated carbocycles. The van der Waals surface area contributed by atoms with Gasteiger partial charge in [-0.15, -0.1) is 0 Å². The molecule has 3 aromatic rings. The molecule has 0 amide bonds. The molecule has 0 aliphatic rings. The smallest absolute Gasteiger partial charge is 0.169 e. The molecule has 136 valence electrons. The molecular weight excluding hydrogens is 326 g/mol. The first-order valence-corrected chi connectivity index (χ1v) is 9.12. The number of benzene rings is 2. The molecule has 4 heteroatoms. The quantitative estimate of drug-likeness (QED) is 0.621. The number of nitrogens with zero attached hydrogens (tertiary/aromatic N) is 1. The Balaban J connectivity index is 1.68. The predicted octanol–water partition coefficient (Wildman–Crippen LogP) is 4.40. The summed E-state index contributed by atoms with van der Waals surface area (Å²) in [6.45, 7) is 2.94. The van der Waals surface area contributed by atoms with Crippen LogP contribution in [0.4, 0.5) is 0 Å². The second-order valence-electron chi connectivity index (χ2n) is 6.33. The summed E-state index contributed by atoms with van der Waals surface area (Å²) in [6.07, 6.45) is 5.36. The summed E-state index contributed by atoms with van der Waals surface area (Å²) < 4.78 is 11.8. The summed E-state index contributed by atoms with van der Waals surface area (Å²) in [4.78, 5) is 4.10. The summed E-state index contributed by atoms with van der Waals surface area (Å²) in [5.41, 5.74) is 1.11. The van der Waals surface area contributed by atoms with Gasteiger partial charge >= 0.3 is 0 Å². The van der Waals surface area contributed by atoms with Gasteiger partial charge in [0.25, 0.3) is 0 Å². The molecule has 1 N–H and O–H groups in total. The van der Waals surface area contributed by atoms with Crippen LogP contribution in [0.3, 0.4) is 0 Å². The third-order valence-corrected chi connectivity index (χ3v) is 4.21. The minimum Gasteiger partial charge on any atom is -0.490 e. The van der Waals surface area contributed by atoms with E-state index >= 15 is 0 Å². The van der Waals surface area contributed by atoms with Gasteiger partial charge in [-0.1, -0.05) is 43.3 Å². The highest BCUT2D eigenvalue weighted by atomic mass is 16.5. The van der Waals surface area contributed by atoms with E-state index in [1.54, 1.807) is 6.20 Å². The number of aliphatic hydroxyl groups excluding tert-OH is 1. The van der Waals surface area contributed by atoms with Gasteiger partial charge in [0.1, 0.15) is 6.61 Å². The van der Waals surface area contributed by atoms with Crippen molar-refractivity contribution in [3.63, 3.8) is 0 Å². The van der Waals surface area contributed by atoms with Gasteiger partial charge in [-0.05, 0) is 42.3 Å². The van der Waals surface area contributed by atoms with E-state index in [4.69, 9.17) is 9.47 Å². The van der Waals surface area contributed by atoms with E-state index in [0.29, 0.717) is 18.8 Å². The number of fused-ring (bicyclic) bond motifs is 1. The fourth-order valence-corrected chi connectivity index (χ4v) is 2.84. The normalized spacial score (nSPS) is 12.1. The average molecular weight is 351 g/mol. The van der Waals surface area contributed by atoms with Crippen LogP contribution in [0.2, 0.25) is 0 Å². The van der Waals surface area contributed by atoms with Crippen LogP contribution in [0.5, 0.6) is 11.5 Å². The lowest BCUT2D eigenvalue weighted by Crippen LogP contribution is -2.18. The number of aliphatic hydroxyl groups is 1. The number of rotatable bonds is 9. The molecule has 0 bridgehead atoms. The first-order chi connectivity index (χ1) is 12.8. The van der Waals surface area contributed by atoms with Gasteiger partial charge in [-0.3, -0.25) is 4.98 Å². The fraction of sp³-hybridized carbons (Fsp3) is 0.318. The molecule has 3 rings (SSSR count). The van der Waals surface area contributed by atoms with E-state index in [0.717, 1.165) is 34.9 Å². The summed E-state index contributed by atoms with van der Waals surface area (Å²) >= 11 is 0. The Bertz CT molecular complexity index is 820. The Hall–Kier alpha value is -2.59. The van der Waals surface area contributed by atoms with E-state index in [1.165, 1.54) is 0 Å². The lowest BCUT2D eigenvalue weighted by Gasteiger charge is -2.17. The molecular formula is C22H25NO3. The lowest BCUT2D eigenvalue weighted by molar-refractivity contribution is 0.0989. The molecule has 0 spiro atoms. The first kappa shape index (κ1) is 18.2. The van der Waals surface area contributed by atoms with E-state index in [9.17, 15) is 5.11 Å². The Morgan fingerprint density at radius 2 is 1.92 bits per heavy atom. The van der Waals surface area contributed by atoms with Crippen LogP contribution in [0.15, 0.2) is 60.9 Å². The van der Waals surface area contributed by atoms with Crippen molar-refractivity contribution in [3.8, 4) is 11.5 Å². The minimum atomic E-state index is -0.548. The van der Waals surface area contributed by atoms with Crippen molar-refractivity contribution < 1.29 is 14.6 Å². The van der Waals surface area contributed by atoms with Crippen LogP contribution in [0.1, 0.15) is 25.3 Å². The molecule has 1 heterocycles. The van der Waals surface area contributed by atoms with Crippen molar-refractivity contribution >= 4 is 10.8 Å². The number of aromatic nitrogens is 1.